The van der Waals surface area contributed by atoms with Crippen LogP contribution in [0.3, 0.4) is 0 Å². The lowest BCUT2D eigenvalue weighted by molar-refractivity contribution is 0.449. The molecule has 0 saturated heterocycles. The maximum absolute atomic E-state index is 10.7. The average Bonchev–Trinajstić information content (AvgIpc) is 1.85. The van der Waals surface area contributed by atoms with Crippen LogP contribution < -0.4 is 5.56 Å². The van der Waals surface area contributed by atoms with Gasteiger partial charge < -0.3 is 10.1 Å². The highest BCUT2D eigenvalue weighted by molar-refractivity contribution is 7.97. The minimum Gasteiger partial charge on any atom is -0.493 e. The molecule has 0 bridgehead atoms. The number of nitrogens with one attached hydrogen (secondary N) is 1. The van der Waals surface area contributed by atoms with Crippen molar-refractivity contribution in [2.24, 2.45) is 0 Å². The second-order valence-electron chi connectivity index (χ2n) is 1.98. The molecule has 0 spiro atoms. The van der Waals surface area contributed by atoms with Crippen molar-refractivity contribution in [2.45, 2.75) is 5.75 Å². The summed E-state index contributed by atoms with van der Waals surface area (Å²) in [4.78, 5) is 16.9. The summed E-state index contributed by atoms with van der Waals surface area (Å²) >= 11 is 1.53. The Morgan fingerprint density at radius 1 is 1.82 bits per heavy atom. The maximum Gasteiger partial charge on any atom is 0.254 e. The summed E-state index contributed by atoms with van der Waals surface area (Å²) in [6.45, 7) is 0. The Kier molecular flexibility index (Phi) is 2.53. The number of nitrogens with zero attached hydrogens (tertiary/aromatic N) is 1. The molecule has 2 N–H and O–H groups in total. The van der Waals surface area contributed by atoms with Gasteiger partial charge in [-0.1, -0.05) is 0 Å². The first-order chi connectivity index (χ1) is 5.22. The molecular formula is C6H8N2O2S. The number of rotatable bonds is 2. The third-order valence-electron chi connectivity index (χ3n) is 1.06. The van der Waals surface area contributed by atoms with Crippen molar-refractivity contribution in [3.05, 3.63) is 22.2 Å². The van der Waals surface area contributed by atoms with Crippen LogP contribution in [0.2, 0.25) is 0 Å². The number of aromatic amines is 1. The summed E-state index contributed by atoms with van der Waals surface area (Å²) in [6.07, 6.45) is 1.89. The zero-order valence-electron chi connectivity index (χ0n) is 6.00. The second kappa shape index (κ2) is 3.43. The molecule has 0 fully saturated rings. The summed E-state index contributed by atoms with van der Waals surface area (Å²) < 4.78 is 0. The van der Waals surface area contributed by atoms with E-state index in [1.165, 1.54) is 11.8 Å². The lowest BCUT2D eigenvalue weighted by Gasteiger charge is -1.96. The SMILES string of the molecule is CSCc1nc(O)cc(=O)[nH]1. The fourth-order valence-corrected chi connectivity index (χ4v) is 1.11. The van der Waals surface area contributed by atoms with Crippen LogP contribution in [0.25, 0.3) is 0 Å². The van der Waals surface area contributed by atoms with Crippen molar-refractivity contribution in [1.29, 1.82) is 0 Å². The minimum atomic E-state index is -0.318. The van der Waals surface area contributed by atoms with Crippen LogP contribution in [-0.2, 0) is 5.75 Å². The van der Waals surface area contributed by atoms with E-state index in [1.807, 2.05) is 6.26 Å². The number of aromatic hydroxyl groups is 1. The van der Waals surface area contributed by atoms with Crippen LogP contribution >= 0.6 is 11.8 Å². The molecule has 0 aliphatic rings. The van der Waals surface area contributed by atoms with E-state index in [1.54, 1.807) is 0 Å². The van der Waals surface area contributed by atoms with E-state index in [-0.39, 0.29) is 11.4 Å². The van der Waals surface area contributed by atoms with Crippen LogP contribution in [0.15, 0.2) is 10.9 Å². The van der Waals surface area contributed by atoms with Gasteiger partial charge in [0, 0.05) is 0 Å². The number of aromatic nitrogens is 2. The number of thioether (sulfide) groups is 1. The van der Waals surface area contributed by atoms with E-state index in [0.717, 1.165) is 6.07 Å². The molecule has 4 nitrogen and oxygen atoms in total. The van der Waals surface area contributed by atoms with E-state index >= 15 is 0 Å². The van der Waals surface area contributed by atoms with Gasteiger partial charge in [0.15, 0.2) is 0 Å². The molecule has 0 saturated carbocycles. The highest BCUT2D eigenvalue weighted by atomic mass is 32.2. The average molecular weight is 172 g/mol. The quantitative estimate of drug-likeness (QED) is 0.675. The molecular weight excluding hydrogens is 164 g/mol. The molecule has 0 radical (unpaired) electrons. The first-order valence-corrected chi connectivity index (χ1v) is 4.40. The third kappa shape index (κ3) is 2.27. The van der Waals surface area contributed by atoms with Crippen LogP contribution in [0.5, 0.6) is 5.88 Å². The van der Waals surface area contributed by atoms with E-state index < -0.39 is 0 Å². The molecule has 1 heterocycles. The van der Waals surface area contributed by atoms with Gasteiger partial charge in [-0.25, -0.2) is 0 Å². The third-order valence-corrected chi connectivity index (χ3v) is 1.62. The van der Waals surface area contributed by atoms with Crippen LogP contribution in [-0.4, -0.2) is 21.3 Å². The molecule has 1 rings (SSSR count). The first-order valence-electron chi connectivity index (χ1n) is 3.00. The van der Waals surface area contributed by atoms with Crippen LogP contribution in [0, 0.1) is 0 Å². The summed E-state index contributed by atoms with van der Waals surface area (Å²) in [5, 5.41) is 8.88. The predicted molar refractivity (Wildman–Crippen MR) is 43.7 cm³/mol. The Labute approximate surface area is 67.7 Å². The molecule has 0 unspecified atom stereocenters. The molecule has 11 heavy (non-hydrogen) atoms. The lowest BCUT2D eigenvalue weighted by Crippen LogP contribution is -2.08. The van der Waals surface area contributed by atoms with Crippen molar-refractivity contribution in [3.63, 3.8) is 0 Å². The molecule has 0 aliphatic carbocycles. The van der Waals surface area contributed by atoms with Gasteiger partial charge in [0.2, 0.25) is 5.88 Å². The Morgan fingerprint density at radius 2 is 2.55 bits per heavy atom. The largest absolute Gasteiger partial charge is 0.493 e. The second-order valence-corrected chi connectivity index (χ2v) is 2.85. The smallest absolute Gasteiger partial charge is 0.254 e. The van der Waals surface area contributed by atoms with Crippen molar-refractivity contribution in [2.75, 3.05) is 6.26 Å². The minimum absolute atomic E-state index is 0.224. The Balaban J connectivity index is 2.99. The van der Waals surface area contributed by atoms with Gasteiger partial charge in [-0.2, -0.15) is 16.7 Å². The molecule has 0 amide bonds. The van der Waals surface area contributed by atoms with E-state index in [4.69, 9.17) is 5.11 Å². The normalized spacial score (nSPS) is 9.91. The lowest BCUT2D eigenvalue weighted by atomic mass is 10.6. The molecule has 0 atom stereocenters. The molecule has 0 aliphatic heterocycles. The van der Waals surface area contributed by atoms with E-state index in [2.05, 4.69) is 9.97 Å². The van der Waals surface area contributed by atoms with Crippen LogP contribution in [0.1, 0.15) is 5.82 Å². The maximum atomic E-state index is 10.7. The van der Waals surface area contributed by atoms with Gasteiger partial charge in [0.1, 0.15) is 5.82 Å². The number of H-pyrrole nitrogens is 1. The van der Waals surface area contributed by atoms with Crippen molar-refractivity contribution < 1.29 is 5.11 Å². The molecule has 60 valence electrons. The first kappa shape index (κ1) is 8.13. The Hall–Kier alpha value is -0.970. The van der Waals surface area contributed by atoms with E-state index in [9.17, 15) is 4.79 Å². The van der Waals surface area contributed by atoms with Crippen molar-refractivity contribution >= 4 is 11.8 Å². The highest BCUT2D eigenvalue weighted by Gasteiger charge is 1.97. The summed E-state index contributed by atoms with van der Waals surface area (Å²) in [5.41, 5.74) is -0.318. The van der Waals surface area contributed by atoms with Gasteiger partial charge in [0.25, 0.3) is 5.56 Å². The summed E-state index contributed by atoms with van der Waals surface area (Å²) in [6, 6.07) is 1.05. The van der Waals surface area contributed by atoms with Crippen molar-refractivity contribution in [3.8, 4) is 5.88 Å². The van der Waals surface area contributed by atoms with Gasteiger partial charge in [-0.15, -0.1) is 0 Å². The molecule has 0 aromatic carbocycles. The molecule has 1 aromatic heterocycles. The topological polar surface area (TPSA) is 66.0 Å². The number of hydrogen-bond donors (Lipinski definition) is 2. The van der Waals surface area contributed by atoms with Gasteiger partial charge in [-0.05, 0) is 6.26 Å². The highest BCUT2D eigenvalue weighted by Crippen LogP contribution is 2.04. The zero-order chi connectivity index (χ0) is 8.27. The van der Waals surface area contributed by atoms with Gasteiger partial charge >= 0.3 is 0 Å². The molecule has 1 aromatic rings. The summed E-state index contributed by atoms with van der Waals surface area (Å²) in [5.74, 6) is 0.879. The van der Waals surface area contributed by atoms with Crippen LogP contribution in [0.4, 0.5) is 0 Å². The predicted octanol–water partition coefficient (Wildman–Crippen LogP) is 0.338. The summed E-state index contributed by atoms with van der Waals surface area (Å²) in [7, 11) is 0. The number of hydrogen-bond acceptors (Lipinski definition) is 4. The fraction of sp³-hybridized carbons (Fsp3) is 0.333. The van der Waals surface area contributed by atoms with E-state index in [0.29, 0.717) is 11.6 Å². The van der Waals surface area contributed by atoms with Gasteiger partial charge in [0.05, 0.1) is 11.8 Å². The Bertz CT molecular complexity index is 297. The standard InChI is InChI=1S/C6H8N2O2S/c1-11-3-4-7-5(9)2-6(10)8-4/h2H,3H2,1H3,(H2,7,8,9,10). The fourth-order valence-electron chi connectivity index (χ4n) is 0.699. The molecule has 5 heteroatoms. The van der Waals surface area contributed by atoms with Gasteiger partial charge in [-0.3, -0.25) is 4.79 Å². The Morgan fingerprint density at radius 3 is 3.09 bits per heavy atom. The van der Waals surface area contributed by atoms with Crippen molar-refractivity contribution in [1.82, 2.24) is 9.97 Å². The zero-order valence-corrected chi connectivity index (χ0v) is 6.81. The monoisotopic (exact) mass is 172 g/mol.